The van der Waals surface area contributed by atoms with Gasteiger partial charge in [0, 0.05) is 13.0 Å². The van der Waals surface area contributed by atoms with E-state index < -0.39 is 0 Å². The minimum absolute atomic E-state index is 0.0686. The number of esters is 1. The van der Waals surface area contributed by atoms with E-state index in [1.807, 2.05) is 0 Å². The van der Waals surface area contributed by atoms with Crippen molar-refractivity contribution in [1.29, 1.82) is 0 Å². The fraction of sp³-hybridized carbons (Fsp3) is 0.964. The van der Waals surface area contributed by atoms with Crippen LogP contribution < -0.4 is 0 Å². The SMILES string of the molecule is CCC(C)OCCOCCCCCCCCCCCCCCCCCCCCC(=O)OC. The van der Waals surface area contributed by atoms with Gasteiger partial charge in [-0.2, -0.15) is 0 Å². The molecule has 0 fully saturated rings. The first-order valence-electron chi connectivity index (χ1n) is 14.0. The van der Waals surface area contributed by atoms with Gasteiger partial charge in [0.2, 0.25) is 0 Å². The smallest absolute Gasteiger partial charge is 0.305 e. The second-order valence-electron chi connectivity index (χ2n) is 9.39. The number of carbonyl (C=O) groups is 1. The maximum absolute atomic E-state index is 11.0. The number of hydrogen-bond donors (Lipinski definition) is 0. The Morgan fingerprint density at radius 2 is 1.00 bits per heavy atom. The van der Waals surface area contributed by atoms with Crippen LogP contribution in [0.25, 0.3) is 0 Å². The standard InChI is InChI=1S/C28H56O4/c1-4-27(2)32-26-25-31-24-22-20-18-16-14-12-10-8-6-5-7-9-11-13-15-17-19-21-23-28(29)30-3/h27H,4-26H2,1-3H3. The highest BCUT2D eigenvalue weighted by Gasteiger charge is 2.00. The second-order valence-corrected chi connectivity index (χ2v) is 9.39. The lowest BCUT2D eigenvalue weighted by Crippen LogP contribution is -2.12. The average molecular weight is 457 g/mol. The van der Waals surface area contributed by atoms with Crippen molar-refractivity contribution in [2.75, 3.05) is 26.9 Å². The number of unbranched alkanes of at least 4 members (excludes halogenated alkanes) is 17. The molecule has 32 heavy (non-hydrogen) atoms. The minimum Gasteiger partial charge on any atom is -0.469 e. The van der Waals surface area contributed by atoms with Crippen molar-refractivity contribution in [3.63, 3.8) is 0 Å². The Morgan fingerprint density at radius 1 is 0.594 bits per heavy atom. The average Bonchev–Trinajstić information content (AvgIpc) is 2.81. The molecule has 0 aromatic carbocycles. The van der Waals surface area contributed by atoms with Crippen molar-refractivity contribution in [2.24, 2.45) is 0 Å². The Hall–Kier alpha value is -0.610. The van der Waals surface area contributed by atoms with Gasteiger partial charge in [-0.05, 0) is 26.2 Å². The van der Waals surface area contributed by atoms with Crippen LogP contribution in [0, 0.1) is 0 Å². The van der Waals surface area contributed by atoms with E-state index in [1.54, 1.807) is 0 Å². The lowest BCUT2D eigenvalue weighted by molar-refractivity contribution is -0.140. The molecule has 0 rings (SSSR count). The molecule has 0 amide bonds. The zero-order valence-electron chi connectivity index (χ0n) is 22.0. The summed E-state index contributed by atoms with van der Waals surface area (Å²) in [5, 5.41) is 0. The summed E-state index contributed by atoms with van der Waals surface area (Å²) in [4.78, 5) is 11.0. The summed E-state index contributed by atoms with van der Waals surface area (Å²) in [6.07, 6.45) is 26.1. The molecule has 0 bridgehead atoms. The van der Waals surface area contributed by atoms with Crippen molar-refractivity contribution in [1.82, 2.24) is 0 Å². The molecule has 0 aromatic heterocycles. The van der Waals surface area contributed by atoms with E-state index >= 15 is 0 Å². The Kier molecular flexibility index (Phi) is 26.1. The van der Waals surface area contributed by atoms with Gasteiger partial charge in [-0.15, -0.1) is 0 Å². The van der Waals surface area contributed by atoms with E-state index in [4.69, 9.17) is 9.47 Å². The molecule has 0 saturated heterocycles. The van der Waals surface area contributed by atoms with Gasteiger partial charge in [-0.3, -0.25) is 4.79 Å². The Labute approximate surface area is 200 Å². The Balaban J connectivity index is 3.04. The Morgan fingerprint density at radius 3 is 1.41 bits per heavy atom. The molecular weight excluding hydrogens is 400 g/mol. The number of carbonyl (C=O) groups excluding carboxylic acids is 1. The third kappa shape index (κ3) is 25.6. The number of hydrogen-bond acceptors (Lipinski definition) is 4. The molecule has 0 aromatic rings. The lowest BCUT2D eigenvalue weighted by Gasteiger charge is -2.10. The highest BCUT2D eigenvalue weighted by Crippen LogP contribution is 2.14. The Bertz CT molecular complexity index is 372. The molecule has 1 atom stereocenters. The topological polar surface area (TPSA) is 44.8 Å². The minimum atomic E-state index is -0.0686. The molecule has 0 N–H and O–H groups in total. The first-order valence-corrected chi connectivity index (χ1v) is 14.0. The molecule has 4 nitrogen and oxygen atoms in total. The summed E-state index contributed by atoms with van der Waals surface area (Å²) in [6.45, 7) is 6.63. The largest absolute Gasteiger partial charge is 0.469 e. The van der Waals surface area contributed by atoms with Gasteiger partial charge < -0.3 is 14.2 Å². The van der Waals surface area contributed by atoms with Gasteiger partial charge in [0.05, 0.1) is 26.4 Å². The molecule has 4 heteroatoms. The van der Waals surface area contributed by atoms with Gasteiger partial charge in [-0.1, -0.05) is 110 Å². The summed E-state index contributed by atoms with van der Waals surface area (Å²) < 4.78 is 15.9. The fourth-order valence-corrected chi connectivity index (χ4v) is 3.93. The molecular formula is C28H56O4. The van der Waals surface area contributed by atoms with Crippen molar-refractivity contribution in [3.8, 4) is 0 Å². The number of rotatable bonds is 26. The molecule has 0 aliphatic heterocycles. The van der Waals surface area contributed by atoms with Gasteiger partial charge in [0.1, 0.15) is 0 Å². The molecule has 0 radical (unpaired) electrons. The van der Waals surface area contributed by atoms with Gasteiger partial charge in [0.15, 0.2) is 0 Å². The normalized spacial score (nSPS) is 12.2. The highest BCUT2D eigenvalue weighted by atomic mass is 16.5. The van der Waals surface area contributed by atoms with Crippen LogP contribution in [0.4, 0.5) is 0 Å². The number of methoxy groups -OCH3 is 1. The predicted octanol–water partition coefficient (Wildman–Crippen LogP) is 8.40. The number of ether oxygens (including phenoxy) is 3. The summed E-state index contributed by atoms with van der Waals surface area (Å²) in [5.41, 5.74) is 0. The zero-order chi connectivity index (χ0) is 23.5. The second kappa shape index (κ2) is 26.6. The zero-order valence-corrected chi connectivity index (χ0v) is 22.0. The summed E-state index contributed by atoms with van der Waals surface area (Å²) >= 11 is 0. The van der Waals surface area contributed by atoms with E-state index in [0.29, 0.717) is 12.5 Å². The molecule has 0 saturated carbocycles. The van der Waals surface area contributed by atoms with Crippen LogP contribution in [-0.4, -0.2) is 39.0 Å². The summed E-state index contributed by atoms with van der Waals surface area (Å²) in [7, 11) is 1.47. The van der Waals surface area contributed by atoms with Crippen LogP contribution in [0.1, 0.15) is 142 Å². The quantitative estimate of drug-likeness (QED) is 0.0968. The molecule has 1 unspecified atom stereocenters. The van der Waals surface area contributed by atoms with Crippen LogP contribution in [0.3, 0.4) is 0 Å². The first kappa shape index (κ1) is 31.4. The maximum atomic E-state index is 11.0. The molecule has 0 aliphatic carbocycles. The molecule has 0 heterocycles. The van der Waals surface area contributed by atoms with Crippen molar-refractivity contribution in [3.05, 3.63) is 0 Å². The van der Waals surface area contributed by atoms with Gasteiger partial charge in [-0.25, -0.2) is 0 Å². The highest BCUT2D eigenvalue weighted by molar-refractivity contribution is 5.68. The third-order valence-corrected chi connectivity index (χ3v) is 6.35. The van der Waals surface area contributed by atoms with E-state index in [9.17, 15) is 4.79 Å². The van der Waals surface area contributed by atoms with Crippen LogP contribution in [0.5, 0.6) is 0 Å². The summed E-state index contributed by atoms with van der Waals surface area (Å²) in [6, 6.07) is 0. The van der Waals surface area contributed by atoms with Crippen molar-refractivity contribution in [2.45, 2.75) is 148 Å². The summed E-state index contributed by atoms with van der Waals surface area (Å²) in [5.74, 6) is -0.0686. The predicted molar refractivity (Wildman–Crippen MR) is 136 cm³/mol. The van der Waals surface area contributed by atoms with Gasteiger partial charge in [0.25, 0.3) is 0 Å². The van der Waals surface area contributed by atoms with E-state index in [-0.39, 0.29) is 5.97 Å². The van der Waals surface area contributed by atoms with Crippen LogP contribution in [-0.2, 0) is 19.0 Å². The van der Waals surface area contributed by atoms with Crippen LogP contribution in [0.2, 0.25) is 0 Å². The van der Waals surface area contributed by atoms with E-state index in [0.717, 1.165) is 39.1 Å². The maximum Gasteiger partial charge on any atom is 0.305 e. The fourth-order valence-electron chi connectivity index (χ4n) is 3.93. The monoisotopic (exact) mass is 456 g/mol. The molecule has 192 valence electrons. The van der Waals surface area contributed by atoms with Crippen LogP contribution >= 0.6 is 0 Å². The van der Waals surface area contributed by atoms with Crippen molar-refractivity contribution < 1.29 is 19.0 Å². The molecule has 0 aliphatic rings. The molecule has 0 spiro atoms. The van der Waals surface area contributed by atoms with Crippen molar-refractivity contribution >= 4 is 5.97 Å². The van der Waals surface area contributed by atoms with E-state index in [2.05, 4.69) is 18.6 Å². The lowest BCUT2D eigenvalue weighted by atomic mass is 10.0. The first-order chi connectivity index (χ1) is 15.7. The van der Waals surface area contributed by atoms with Crippen LogP contribution in [0.15, 0.2) is 0 Å². The van der Waals surface area contributed by atoms with E-state index in [1.165, 1.54) is 110 Å². The van der Waals surface area contributed by atoms with Gasteiger partial charge >= 0.3 is 5.97 Å². The third-order valence-electron chi connectivity index (χ3n) is 6.35.